The standard InChI is InChI=1S/C14H20F2N2O4S/c1-10(13(19)18-9-14(15,16)8-17)7-23(20,21)12-5-3-11(22-2)4-6-12/h3-6,10H,7-9,17H2,1-2H3,(H,18,19). The van der Waals surface area contributed by atoms with Gasteiger partial charge in [0.1, 0.15) is 5.75 Å². The molecule has 0 aliphatic rings. The first-order valence-electron chi connectivity index (χ1n) is 6.84. The first kappa shape index (κ1) is 19.3. The highest BCUT2D eigenvalue weighted by Gasteiger charge is 2.29. The van der Waals surface area contributed by atoms with Crippen LogP contribution in [0.3, 0.4) is 0 Å². The maximum absolute atomic E-state index is 13.0. The summed E-state index contributed by atoms with van der Waals surface area (Å²) in [5.74, 6) is -4.95. The molecule has 1 aromatic rings. The van der Waals surface area contributed by atoms with Crippen molar-refractivity contribution in [1.82, 2.24) is 5.32 Å². The lowest BCUT2D eigenvalue weighted by Gasteiger charge is -2.17. The van der Waals surface area contributed by atoms with Crippen LogP contribution in [0.5, 0.6) is 5.75 Å². The number of hydrogen-bond acceptors (Lipinski definition) is 5. The Balaban J connectivity index is 2.70. The number of nitrogens with two attached hydrogens (primary N) is 1. The van der Waals surface area contributed by atoms with Crippen LogP contribution in [0.2, 0.25) is 0 Å². The van der Waals surface area contributed by atoms with Crippen LogP contribution in [0.4, 0.5) is 8.78 Å². The van der Waals surface area contributed by atoms with Gasteiger partial charge in [0.05, 0.1) is 30.8 Å². The molecule has 0 spiro atoms. The quantitative estimate of drug-likeness (QED) is 0.723. The van der Waals surface area contributed by atoms with Crippen molar-refractivity contribution in [2.24, 2.45) is 11.7 Å². The lowest BCUT2D eigenvalue weighted by molar-refractivity contribution is -0.125. The molecule has 1 unspecified atom stereocenters. The van der Waals surface area contributed by atoms with Crippen molar-refractivity contribution in [3.8, 4) is 5.75 Å². The van der Waals surface area contributed by atoms with E-state index >= 15 is 0 Å². The number of alkyl halides is 2. The number of methoxy groups -OCH3 is 1. The Morgan fingerprint density at radius 1 is 1.35 bits per heavy atom. The van der Waals surface area contributed by atoms with E-state index in [0.29, 0.717) is 5.75 Å². The van der Waals surface area contributed by atoms with Crippen molar-refractivity contribution in [3.63, 3.8) is 0 Å². The van der Waals surface area contributed by atoms with E-state index in [1.54, 1.807) is 0 Å². The Morgan fingerprint density at radius 2 is 1.91 bits per heavy atom. The number of carbonyl (C=O) groups is 1. The van der Waals surface area contributed by atoms with Gasteiger partial charge in [0.2, 0.25) is 5.91 Å². The molecule has 0 bridgehead atoms. The predicted molar refractivity (Wildman–Crippen MR) is 81.2 cm³/mol. The Morgan fingerprint density at radius 3 is 2.39 bits per heavy atom. The normalized spacial score (nSPS) is 13.4. The van der Waals surface area contributed by atoms with Crippen LogP contribution < -0.4 is 15.8 Å². The molecule has 3 N–H and O–H groups in total. The van der Waals surface area contributed by atoms with Crippen LogP contribution >= 0.6 is 0 Å². The second-order valence-corrected chi connectivity index (χ2v) is 7.17. The number of sulfone groups is 1. The highest BCUT2D eigenvalue weighted by molar-refractivity contribution is 7.91. The predicted octanol–water partition coefficient (Wildman–Crippen LogP) is 0.815. The summed E-state index contributed by atoms with van der Waals surface area (Å²) in [6.07, 6.45) is 0. The fourth-order valence-corrected chi connectivity index (χ4v) is 3.30. The number of amides is 1. The monoisotopic (exact) mass is 350 g/mol. The smallest absolute Gasteiger partial charge is 0.277 e. The van der Waals surface area contributed by atoms with Crippen LogP contribution in [0.25, 0.3) is 0 Å². The number of nitrogens with one attached hydrogen (secondary N) is 1. The lowest BCUT2D eigenvalue weighted by Crippen LogP contribution is -2.44. The molecule has 1 aromatic carbocycles. The molecular formula is C14H20F2N2O4S. The van der Waals surface area contributed by atoms with E-state index in [9.17, 15) is 22.0 Å². The molecule has 1 amide bonds. The minimum atomic E-state index is -3.72. The molecule has 0 fully saturated rings. The maximum atomic E-state index is 13.0. The summed E-state index contributed by atoms with van der Waals surface area (Å²) >= 11 is 0. The van der Waals surface area contributed by atoms with Gasteiger partial charge >= 0.3 is 0 Å². The second-order valence-electron chi connectivity index (χ2n) is 5.14. The summed E-state index contributed by atoms with van der Waals surface area (Å²) in [7, 11) is -2.27. The Labute approximate surface area is 133 Å². The fraction of sp³-hybridized carbons (Fsp3) is 0.500. The van der Waals surface area contributed by atoms with Gasteiger partial charge in [0.25, 0.3) is 5.92 Å². The molecule has 1 rings (SSSR count). The second kappa shape index (κ2) is 7.69. The van der Waals surface area contributed by atoms with Crippen LogP contribution in [0.15, 0.2) is 29.2 Å². The topological polar surface area (TPSA) is 98.5 Å². The summed E-state index contributed by atoms with van der Waals surface area (Å²) in [6.45, 7) is -0.460. The first-order valence-corrected chi connectivity index (χ1v) is 8.49. The van der Waals surface area contributed by atoms with E-state index in [1.165, 1.54) is 38.3 Å². The number of benzene rings is 1. The van der Waals surface area contributed by atoms with Crippen molar-refractivity contribution >= 4 is 15.7 Å². The average molecular weight is 350 g/mol. The maximum Gasteiger partial charge on any atom is 0.277 e. The van der Waals surface area contributed by atoms with Crippen LogP contribution in [0, 0.1) is 5.92 Å². The number of rotatable bonds is 8. The molecular weight excluding hydrogens is 330 g/mol. The lowest BCUT2D eigenvalue weighted by atomic mass is 10.2. The van der Waals surface area contributed by atoms with Crippen molar-refractivity contribution in [2.45, 2.75) is 17.7 Å². The highest BCUT2D eigenvalue weighted by atomic mass is 32.2. The van der Waals surface area contributed by atoms with E-state index in [1.807, 2.05) is 5.32 Å². The highest BCUT2D eigenvalue weighted by Crippen LogP contribution is 2.18. The van der Waals surface area contributed by atoms with Gasteiger partial charge in [-0.25, -0.2) is 17.2 Å². The minimum Gasteiger partial charge on any atom is -0.497 e. The summed E-state index contributed by atoms with van der Waals surface area (Å²) < 4.78 is 55.3. The molecule has 0 aromatic heterocycles. The van der Waals surface area contributed by atoms with E-state index in [-0.39, 0.29) is 4.90 Å². The zero-order valence-corrected chi connectivity index (χ0v) is 13.7. The van der Waals surface area contributed by atoms with Gasteiger partial charge < -0.3 is 15.8 Å². The summed E-state index contributed by atoms with van der Waals surface area (Å²) in [5.41, 5.74) is 4.86. The average Bonchev–Trinajstić information content (AvgIpc) is 2.52. The van der Waals surface area contributed by atoms with Crippen molar-refractivity contribution in [1.29, 1.82) is 0 Å². The Hall–Kier alpha value is -1.74. The summed E-state index contributed by atoms with van der Waals surface area (Å²) in [5, 5.41) is 2.01. The number of halogens is 2. The molecule has 130 valence electrons. The molecule has 0 saturated carbocycles. The molecule has 0 saturated heterocycles. The van der Waals surface area contributed by atoms with Gasteiger partial charge in [-0.2, -0.15) is 0 Å². The molecule has 1 atom stereocenters. The van der Waals surface area contributed by atoms with Crippen LogP contribution in [0.1, 0.15) is 6.92 Å². The van der Waals surface area contributed by atoms with Gasteiger partial charge in [-0.05, 0) is 24.3 Å². The van der Waals surface area contributed by atoms with Crippen LogP contribution in [-0.4, -0.2) is 46.2 Å². The molecule has 6 nitrogen and oxygen atoms in total. The third-order valence-corrected chi connectivity index (χ3v) is 5.08. The van der Waals surface area contributed by atoms with Gasteiger partial charge in [0.15, 0.2) is 9.84 Å². The molecule has 23 heavy (non-hydrogen) atoms. The summed E-state index contributed by atoms with van der Waals surface area (Å²) in [6, 6.07) is 5.70. The minimum absolute atomic E-state index is 0.0326. The van der Waals surface area contributed by atoms with Gasteiger partial charge in [-0.3, -0.25) is 4.79 Å². The summed E-state index contributed by atoms with van der Waals surface area (Å²) in [4.78, 5) is 11.8. The third-order valence-electron chi connectivity index (χ3n) is 3.16. The number of hydrogen-bond donors (Lipinski definition) is 2. The number of ether oxygens (including phenoxy) is 1. The largest absolute Gasteiger partial charge is 0.497 e. The van der Waals surface area contributed by atoms with E-state index < -0.39 is 46.4 Å². The third kappa shape index (κ3) is 5.76. The van der Waals surface area contributed by atoms with Crippen molar-refractivity contribution in [3.05, 3.63) is 24.3 Å². The Kier molecular flexibility index (Phi) is 6.46. The molecule has 0 aliphatic carbocycles. The van der Waals surface area contributed by atoms with Gasteiger partial charge in [0, 0.05) is 5.92 Å². The van der Waals surface area contributed by atoms with Crippen LogP contribution in [-0.2, 0) is 14.6 Å². The molecule has 0 radical (unpaired) electrons. The fourth-order valence-electron chi connectivity index (χ4n) is 1.75. The van der Waals surface area contributed by atoms with E-state index in [2.05, 4.69) is 0 Å². The van der Waals surface area contributed by atoms with E-state index in [0.717, 1.165) is 0 Å². The van der Waals surface area contributed by atoms with Crippen molar-refractivity contribution < 1.29 is 26.7 Å². The zero-order valence-electron chi connectivity index (χ0n) is 12.9. The Bertz CT molecular complexity index is 633. The van der Waals surface area contributed by atoms with Crippen molar-refractivity contribution in [2.75, 3.05) is 26.0 Å². The SMILES string of the molecule is COc1ccc(S(=O)(=O)CC(C)C(=O)NCC(F)(F)CN)cc1. The molecule has 0 heterocycles. The van der Waals surface area contributed by atoms with Gasteiger partial charge in [-0.1, -0.05) is 6.92 Å². The zero-order chi connectivity index (χ0) is 17.7. The van der Waals surface area contributed by atoms with E-state index in [4.69, 9.17) is 10.5 Å². The van der Waals surface area contributed by atoms with Gasteiger partial charge in [-0.15, -0.1) is 0 Å². The first-order chi connectivity index (χ1) is 10.6. The molecule has 0 aliphatic heterocycles. The molecule has 9 heteroatoms. The number of carbonyl (C=O) groups excluding carboxylic acids is 1.